The highest BCUT2D eigenvalue weighted by molar-refractivity contribution is 5.78. The molecule has 0 bridgehead atoms. The number of nitrogens with one attached hydrogen (secondary N) is 1. The SMILES string of the molecule is CN(CC(=O)NC1CCCc2ccccc21)Cc1ccc(OC(F)F)cc1. The van der Waals surface area contributed by atoms with E-state index in [0.29, 0.717) is 6.54 Å². The number of rotatable bonds is 7. The molecule has 0 aromatic heterocycles. The van der Waals surface area contributed by atoms with Crippen LogP contribution >= 0.6 is 0 Å². The van der Waals surface area contributed by atoms with Crippen molar-refractivity contribution in [1.29, 1.82) is 0 Å². The van der Waals surface area contributed by atoms with E-state index < -0.39 is 6.61 Å². The van der Waals surface area contributed by atoms with Gasteiger partial charge in [-0.25, -0.2) is 0 Å². The summed E-state index contributed by atoms with van der Waals surface area (Å²) in [6.07, 6.45) is 3.09. The molecule has 1 aliphatic carbocycles. The van der Waals surface area contributed by atoms with Crippen molar-refractivity contribution < 1.29 is 18.3 Å². The second-order valence-electron chi connectivity index (χ2n) is 6.91. The van der Waals surface area contributed by atoms with E-state index in [9.17, 15) is 13.6 Å². The van der Waals surface area contributed by atoms with Gasteiger partial charge in [0, 0.05) is 6.54 Å². The first-order valence-electron chi connectivity index (χ1n) is 9.11. The topological polar surface area (TPSA) is 41.6 Å². The van der Waals surface area contributed by atoms with Crippen molar-refractivity contribution in [2.45, 2.75) is 38.5 Å². The number of halogens is 2. The molecule has 0 saturated heterocycles. The van der Waals surface area contributed by atoms with Crippen molar-refractivity contribution in [2.75, 3.05) is 13.6 Å². The van der Waals surface area contributed by atoms with Crippen LogP contribution in [0.15, 0.2) is 48.5 Å². The second-order valence-corrected chi connectivity index (χ2v) is 6.91. The zero-order chi connectivity index (χ0) is 19.2. The smallest absolute Gasteiger partial charge is 0.387 e. The molecule has 0 fully saturated rings. The molecule has 0 aliphatic heterocycles. The van der Waals surface area contributed by atoms with Gasteiger partial charge in [-0.05, 0) is 55.1 Å². The highest BCUT2D eigenvalue weighted by atomic mass is 19.3. The van der Waals surface area contributed by atoms with Crippen molar-refractivity contribution in [2.24, 2.45) is 0 Å². The van der Waals surface area contributed by atoms with Crippen LogP contribution in [0.5, 0.6) is 5.75 Å². The number of fused-ring (bicyclic) bond motifs is 1. The van der Waals surface area contributed by atoms with Crippen LogP contribution in [0.2, 0.25) is 0 Å². The third kappa shape index (κ3) is 5.50. The van der Waals surface area contributed by atoms with E-state index in [-0.39, 0.29) is 24.2 Å². The lowest BCUT2D eigenvalue weighted by molar-refractivity contribution is -0.122. The normalized spacial score (nSPS) is 16.3. The van der Waals surface area contributed by atoms with Gasteiger partial charge < -0.3 is 10.1 Å². The quantitative estimate of drug-likeness (QED) is 0.799. The Labute approximate surface area is 158 Å². The Bertz CT molecular complexity index is 765. The number of ether oxygens (including phenoxy) is 1. The van der Waals surface area contributed by atoms with E-state index in [4.69, 9.17) is 0 Å². The van der Waals surface area contributed by atoms with E-state index in [0.717, 1.165) is 24.8 Å². The molecule has 4 nitrogen and oxygen atoms in total. The fraction of sp³-hybridized carbons (Fsp3) is 0.381. The van der Waals surface area contributed by atoms with Gasteiger partial charge in [0.2, 0.25) is 5.91 Å². The maximum atomic E-state index is 12.4. The number of amides is 1. The number of carbonyl (C=O) groups excluding carboxylic acids is 1. The van der Waals surface area contributed by atoms with E-state index in [2.05, 4.69) is 22.2 Å². The molecule has 0 saturated carbocycles. The summed E-state index contributed by atoms with van der Waals surface area (Å²) < 4.78 is 28.7. The van der Waals surface area contributed by atoms with Gasteiger partial charge in [0.15, 0.2) is 0 Å². The van der Waals surface area contributed by atoms with Gasteiger partial charge in [0.05, 0.1) is 12.6 Å². The molecule has 3 rings (SSSR count). The Balaban J connectivity index is 1.51. The lowest BCUT2D eigenvalue weighted by atomic mass is 9.88. The Hall–Kier alpha value is -2.47. The summed E-state index contributed by atoms with van der Waals surface area (Å²) >= 11 is 0. The summed E-state index contributed by atoms with van der Waals surface area (Å²) in [6, 6.07) is 14.8. The maximum absolute atomic E-state index is 12.4. The molecule has 144 valence electrons. The van der Waals surface area contributed by atoms with Crippen LogP contribution < -0.4 is 10.1 Å². The van der Waals surface area contributed by atoms with Crippen molar-refractivity contribution >= 4 is 5.91 Å². The number of carbonyl (C=O) groups is 1. The van der Waals surface area contributed by atoms with Crippen LogP contribution in [-0.2, 0) is 17.8 Å². The minimum Gasteiger partial charge on any atom is -0.435 e. The summed E-state index contributed by atoms with van der Waals surface area (Å²) in [5.41, 5.74) is 3.46. The second kappa shape index (κ2) is 8.95. The molecule has 2 aromatic carbocycles. The predicted molar refractivity (Wildman–Crippen MR) is 99.7 cm³/mol. The average Bonchev–Trinajstić information content (AvgIpc) is 2.63. The van der Waals surface area contributed by atoms with E-state index in [1.54, 1.807) is 12.1 Å². The van der Waals surface area contributed by atoms with Crippen LogP contribution in [0, 0.1) is 0 Å². The number of aryl methyl sites for hydroxylation is 1. The van der Waals surface area contributed by atoms with Crippen molar-refractivity contribution in [3.8, 4) is 5.75 Å². The molecule has 1 N–H and O–H groups in total. The fourth-order valence-electron chi connectivity index (χ4n) is 3.53. The number of benzene rings is 2. The van der Waals surface area contributed by atoms with Crippen molar-refractivity contribution in [1.82, 2.24) is 10.2 Å². The summed E-state index contributed by atoms with van der Waals surface area (Å²) in [5.74, 6) is 0.113. The summed E-state index contributed by atoms with van der Waals surface area (Å²) in [6.45, 7) is -2.01. The molecule has 0 heterocycles. The lowest BCUT2D eigenvalue weighted by Crippen LogP contribution is -2.38. The predicted octanol–water partition coefficient (Wildman–Crippen LogP) is 3.91. The largest absolute Gasteiger partial charge is 0.435 e. The molecule has 6 heteroatoms. The molecule has 1 amide bonds. The van der Waals surface area contributed by atoms with Crippen LogP contribution in [0.25, 0.3) is 0 Å². The van der Waals surface area contributed by atoms with Crippen LogP contribution in [0.4, 0.5) is 8.78 Å². The number of likely N-dealkylation sites (N-methyl/N-ethyl adjacent to an activating group) is 1. The first-order chi connectivity index (χ1) is 13.0. The maximum Gasteiger partial charge on any atom is 0.387 e. The fourth-order valence-corrected chi connectivity index (χ4v) is 3.53. The highest BCUT2D eigenvalue weighted by Gasteiger charge is 2.21. The van der Waals surface area contributed by atoms with Gasteiger partial charge in [0.1, 0.15) is 5.75 Å². The Morgan fingerprint density at radius 1 is 1.22 bits per heavy atom. The molecule has 2 aromatic rings. The van der Waals surface area contributed by atoms with E-state index >= 15 is 0 Å². The van der Waals surface area contributed by atoms with Gasteiger partial charge in [-0.3, -0.25) is 9.69 Å². The lowest BCUT2D eigenvalue weighted by Gasteiger charge is -2.27. The summed E-state index contributed by atoms with van der Waals surface area (Å²) in [7, 11) is 1.86. The van der Waals surface area contributed by atoms with Crippen molar-refractivity contribution in [3.05, 3.63) is 65.2 Å². The first kappa shape index (κ1) is 19.3. The minimum atomic E-state index is -2.83. The van der Waals surface area contributed by atoms with Gasteiger partial charge in [-0.2, -0.15) is 8.78 Å². The van der Waals surface area contributed by atoms with E-state index in [1.807, 2.05) is 24.1 Å². The van der Waals surface area contributed by atoms with E-state index in [1.165, 1.54) is 23.3 Å². The molecule has 27 heavy (non-hydrogen) atoms. The van der Waals surface area contributed by atoms with Crippen LogP contribution in [-0.4, -0.2) is 31.0 Å². The molecule has 0 radical (unpaired) electrons. The zero-order valence-corrected chi connectivity index (χ0v) is 15.3. The zero-order valence-electron chi connectivity index (χ0n) is 15.3. The molecule has 1 atom stereocenters. The molecule has 1 aliphatic rings. The molecular weight excluding hydrogens is 350 g/mol. The Kier molecular flexibility index (Phi) is 6.40. The third-order valence-corrected chi connectivity index (χ3v) is 4.72. The van der Waals surface area contributed by atoms with Gasteiger partial charge >= 0.3 is 6.61 Å². The van der Waals surface area contributed by atoms with Crippen LogP contribution in [0.1, 0.15) is 35.6 Å². The molecule has 1 unspecified atom stereocenters. The van der Waals surface area contributed by atoms with Gasteiger partial charge in [-0.15, -0.1) is 0 Å². The average molecular weight is 374 g/mol. The molecular formula is C21H24F2N2O2. The monoisotopic (exact) mass is 374 g/mol. The number of hydrogen-bond acceptors (Lipinski definition) is 3. The minimum absolute atomic E-state index is 0.0168. The number of alkyl halides is 2. The van der Waals surface area contributed by atoms with Gasteiger partial charge in [0.25, 0.3) is 0 Å². The number of nitrogens with zero attached hydrogens (tertiary/aromatic N) is 1. The highest BCUT2D eigenvalue weighted by Crippen LogP contribution is 2.29. The van der Waals surface area contributed by atoms with Crippen LogP contribution in [0.3, 0.4) is 0 Å². The first-order valence-corrected chi connectivity index (χ1v) is 9.11. The molecule has 0 spiro atoms. The van der Waals surface area contributed by atoms with Crippen molar-refractivity contribution in [3.63, 3.8) is 0 Å². The van der Waals surface area contributed by atoms with Gasteiger partial charge in [-0.1, -0.05) is 36.4 Å². The summed E-state index contributed by atoms with van der Waals surface area (Å²) in [4.78, 5) is 14.3. The Morgan fingerprint density at radius 3 is 2.70 bits per heavy atom. The summed E-state index contributed by atoms with van der Waals surface area (Å²) in [5, 5.41) is 3.14. The number of hydrogen-bond donors (Lipinski definition) is 1. The third-order valence-electron chi connectivity index (χ3n) is 4.72. The Morgan fingerprint density at radius 2 is 1.96 bits per heavy atom. The standard InChI is InChI=1S/C21H24F2N2O2/c1-25(13-15-9-11-17(12-10-15)27-21(22)23)14-20(26)24-19-8-4-6-16-5-2-3-7-18(16)19/h2-3,5,7,9-12,19,21H,4,6,8,13-14H2,1H3,(H,24,26).